The fourth-order valence-electron chi connectivity index (χ4n) is 0.903. The Morgan fingerprint density at radius 1 is 1.38 bits per heavy atom. The van der Waals surface area contributed by atoms with Gasteiger partial charge >= 0.3 is 5.97 Å². The van der Waals surface area contributed by atoms with Gasteiger partial charge in [0.25, 0.3) is 0 Å². The number of aliphatic carboxylic acids is 1. The molecule has 0 fully saturated rings. The molecule has 0 radical (unpaired) electrons. The second-order valence-electron chi connectivity index (χ2n) is 3.13. The Hall–Kier alpha value is -1.08. The molecular formula is C9H10BrNO4S. The maximum Gasteiger partial charge on any atom is 0.323 e. The van der Waals surface area contributed by atoms with Crippen molar-refractivity contribution < 1.29 is 18.3 Å². The van der Waals surface area contributed by atoms with Crippen LogP contribution >= 0.6 is 15.9 Å². The molecule has 1 atom stereocenters. The summed E-state index contributed by atoms with van der Waals surface area (Å²) in [6.45, 7) is 1.11. The summed E-state index contributed by atoms with van der Waals surface area (Å²) < 4.78 is 26.0. The van der Waals surface area contributed by atoms with Crippen molar-refractivity contribution in [2.45, 2.75) is 12.2 Å². The standard InChI is InChI=1S/C9H10BrNO4S/c1-6(9(12)13)16(14,15)11-8-4-2-7(10)3-5-8/h2-6,11H,1H3,(H,12,13). The smallest absolute Gasteiger partial charge is 0.323 e. The number of hydrogen-bond donors (Lipinski definition) is 2. The molecule has 0 saturated heterocycles. The van der Waals surface area contributed by atoms with E-state index in [4.69, 9.17) is 5.11 Å². The lowest BCUT2D eigenvalue weighted by Gasteiger charge is -2.10. The van der Waals surface area contributed by atoms with Gasteiger partial charge in [-0.15, -0.1) is 0 Å². The van der Waals surface area contributed by atoms with E-state index in [0.29, 0.717) is 5.69 Å². The van der Waals surface area contributed by atoms with Gasteiger partial charge in [0.1, 0.15) is 0 Å². The van der Waals surface area contributed by atoms with Gasteiger partial charge in [-0.25, -0.2) is 8.42 Å². The van der Waals surface area contributed by atoms with Gasteiger partial charge in [-0.3, -0.25) is 9.52 Å². The summed E-state index contributed by atoms with van der Waals surface area (Å²) in [5.74, 6) is -1.38. The first-order chi connectivity index (χ1) is 7.33. The van der Waals surface area contributed by atoms with Crippen molar-refractivity contribution in [2.24, 2.45) is 0 Å². The van der Waals surface area contributed by atoms with Crippen molar-refractivity contribution in [3.63, 3.8) is 0 Å². The van der Waals surface area contributed by atoms with Crippen molar-refractivity contribution in [1.82, 2.24) is 0 Å². The number of rotatable bonds is 4. The SMILES string of the molecule is CC(C(=O)O)S(=O)(=O)Nc1ccc(Br)cc1. The lowest BCUT2D eigenvalue weighted by molar-refractivity contribution is -0.136. The van der Waals surface area contributed by atoms with Crippen LogP contribution < -0.4 is 4.72 Å². The Morgan fingerprint density at radius 2 is 1.88 bits per heavy atom. The number of halogens is 1. The minimum Gasteiger partial charge on any atom is -0.480 e. The Bertz CT molecular complexity index is 483. The van der Waals surface area contributed by atoms with E-state index in [1.54, 1.807) is 12.1 Å². The maximum absolute atomic E-state index is 11.5. The molecule has 1 rings (SSSR count). The number of carboxylic acids is 1. The molecule has 0 heterocycles. The second-order valence-corrected chi connectivity index (χ2v) is 6.05. The molecule has 5 nitrogen and oxygen atoms in total. The normalized spacial score (nSPS) is 13.1. The van der Waals surface area contributed by atoms with E-state index in [2.05, 4.69) is 20.7 Å². The summed E-state index contributed by atoms with van der Waals surface area (Å²) in [7, 11) is -3.89. The van der Waals surface area contributed by atoms with Crippen LogP contribution in [0.1, 0.15) is 6.92 Å². The fraction of sp³-hybridized carbons (Fsp3) is 0.222. The first-order valence-electron chi connectivity index (χ1n) is 4.33. The number of carbonyl (C=O) groups is 1. The van der Waals surface area contributed by atoms with Crippen LogP contribution in [0.15, 0.2) is 28.7 Å². The van der Waals surface area contributed by atoms with E-state index >= 15 is 0 Å². The lowest BCUT2D eigenvalue weighted by Crippen LogP contribution is -2.32. The van der Waals surface area contributed by atoms with E-state index in [-0.39, 0.29) is 0 Å². The van der Waals surface area contributed by atoms with Crippen molar-refractivity contribution in [3.8, 4) is 0 Å². The highest BCUT2D eigenvalue weighted by Crippen LogP contribution is 2.16. The average Bonchev–Trinajstić information content (AvgIpc) is 2.20. The summed E-state index contributed by atoms with van der Waals surface area (Å²) in [4.78, 5) is 10.6. The first-order valence-corrected chi connectivity index (χ1v) is 6.67. The number of anilines is 1. The van der Waals surface area contributed by atoms with Crippen molar-refractivity contribution in [1.29, 1.82) is 0 Å². The molecule has 2 N–H and O–H groups in total. The van der Waals surface area contributed by atoms with E-state index in [9.17, 15) is 13.2 Å². The molecule has 0 saturated carbocycles. The van der Waals surface area contributed by atoms with E-state index < -0.39 is 21.2 Å². The Kier molecular flexibility index (Phi) is 3.93. The van der Waals surface area contributed by atoms with Crippen LogP contribution in [0.25, 0.3) is 0 Å². The van der Waals surface area contributed by atoms with Gasteiger partial charge in [0.05, 0.1) is 0 Å². The molecule has 0 aliphatic heterocycles. The molecule has 0 bridgehead atoms. The van der Waals surface area contributed by atoms with Crippen LogP contribution in [0.5, 0.6) is 0 Å². The number of benzene rings is 1. The zero-order valence-electron chi connectivity index (χ0n) is 8.34. The third-order valence-electron chi connectivity index (χ3n) is 1.92. The molecule has 1 aromatic rings. The zero-order chi connectivity index (χ0) is 12.3. The Morgan fingerprint density at radius 3 is 2.31 bits per heavy atom. The monoisotopic (exact) mass is 307 g/mol. The van der Waals surface area contributed by atoms with Gasteiger partial charge in [0.15, 0.2) is 5.25 Å². The Labute approximate surface area is 102 Å². The number of nitrogens with one attached hydrogen (secondary N) is 1. The van der Waals surface area contributed by atoms with Gasteiger partial charge in [-0.05, 0) is 31.2 Å². The van der Waals surface area contributed by atoms with E-state index in [0.717, 1.165) is 11.4 Å². The summed E-state index contributed by atoms with van der Waals surface area (Å²) >= 11 is 3.21. The molecule has 88 valence electrons. The van der Waals surface area contributed by atoms with E-state index in [1.807, 2.05) is 0 Å². The average molecular weight is 308 g/mol. The van der Waals surface area contributed by atoms with Crippen molar-refractivity contribution in [3.05, 3.63) is 28.7 Å². The van der Waals surface area contributed by atoms with Gasteiger partial charge in [-0.1, -0.05) is 15.9 Å². The highest BCUT2D eigenvalue weighted by Gasteiger charge is 2.27. The molecule has 7 heteroatoms. The first kappa shape index (κ1) is 13.0. The number of carboxylic acid groups (broad SMARTS) is 1. The molecule has 16 heavy (non-hydrogen) atoms. The van der Waals surface area contributed by atoms with Crippen LogP contribution in [-0.2, 0) is 14.8 Å². The predicted octanol–water partition coefficient (Wildman–Crippen LogP) is 1.66. The fourth-order valence-corrected chi connectivity index (χ4v) is 2.07. The summed E-state index contributed by atoms with van der Waals surface area (Å²) in [5.41, 5.74) is 0.330. The summed E-state index contributed by atoms with van der Waals surface area (Å²) in [6.07, 6.45) is 0. The second kappa shape index (κ2) is 4.84. The molecule has 1 aromatic carbocycles. The number of sulfonamides is 1. The van der Waals surface area contributed by atoms with Gasteiger partial charge < -0.3 is 5.11 Å². The van der Waals surface area contributed by atoms with Crippen LogP contribution in [0.2, 0.25) is 0 Å². The molecule has 1 unspecified atom stereocenters. The predicted molar refractivity (Wildman–Crippen MR) is 63.8 cm³/mol. The van der Waals surface area contributed by atoms with Crippen LogP contribution in [0, 0.1) is 0 Å². The summed E-state index contributed by atoms with van der Waals surface area (Å²) in [5, 5.41) is 7.12. The van der Waals surface area contributed by atoms with Gasteiger partial charge in [-0.2, -0.15) is 0 Å². The van der Waals surface area contributed by atoms with E-state index in [1.165, 1.54) is 12.1 Å². The Balaban J connectivity index is 2.89. The highest BCUT2D eigenvalue weighted by molar-refractivity contribution is 9.10. The molecule has 0 aromatic heterocycles. The van der Waals surface area contributed by atoms with Gasteiger partial charge in [0.2, 0.25) is 10.0 Å². The number of hydrogen-bond acceptors (Lipinski definition) is 3. The van der Waals surface area contributed by atoms with Crippen LogP contribution in [0.3, 0.4) is 0 Å². The van der Waals surface area contributed by atoms with Crippen molar-refractivity contribution in [2.75, 3.05) is 4.72 Å². The minimum atomic E-state index is -3.89. The van der Waals surface area contributed by atoms with Crippen LogP contribution in [0.4, 0.5) is 5.69 Å². The third-order valence-corrected chi connectivity index (χ3v) is 4.10. The molecule has 0 aliphatic carbocycles. The quantitative estimate of drug-likeness (QED) is 0.886. The van der Waals surface area contributed by atoms with Gasteiger partial charge in [0, 0.05) is 10.2 Å². The molecule has 0 amide bonds. The largest absolute Gasteiger partial charge is 0.480 e. The minimum absolute atomic E-state index is 0.330. The third kappa shape index (κ3) is 3.21. The topological polar surface area (TPSA) is 83.5 Å². The van der Waals surface area contributed by atoms with Crippen molar-refractivity contribution >= 4 is 37.6 Å². The zero-order valence-corrected chi connectivity index (χ0v) is 10.7. The summed E-state index contributed by atoms with van der Waals surface area (Å²) in [6, 6.07) is 6.39. The lowest BCUT2D eigenvalue weighted by atomic mass is 10.3. The highest BCUT2D eigenvalue weighted by atomic mass is 79.9. The molecule has 0 spiro atoms. The molecule has 0 aliphatic rings. The van der Waals surface area contributed by atoms with Crippen LogP contribution in [-0.4, -0.2) is 24.7 Å². The molecular weight excluding hydrogens is 298 g/mol. The maximum atomic E-state index is 11.5.